The zero-order valence-electron chi connectivity index (χ0n) is 17.3. The van der Waals surface area contributed by atoms with Gasteiger partial charge in [0.05, 0.1) is 18.1 Å². The SMILES string of the molecule is O=C(O)c1cc(/C=C/C(=O)N2CCCCC2)c(-c2ccoc2)c(C2CCCCC2)c1. The number of hydrogen-bond donors (Lipinski definition) is 1. The fourth-order valence-electron chi connectivity index (χ4n) is 4.80. The quantitative estimate of drug-likeness (QED) is 0.644. The Hall–Kier alpha value is -2.82. The molecule has 1 amide bonds. The van der Waals surface area contributed by atoms with Crippen LogP contribution in [0.2, 0.25) is 0 Å². The largest absolute Gasteiger partial charge is 0.478 e. The van der Waals surface area contributed by atoms with Gasteiger partial charge < -0.3 is 14.4 Å². The number of carboxylic acid groups (broad SMARTS) is 1. The van der Waals surface area contributed by atoms with Gasteiger partial charge in [-0.2, -0.15) is 0 Å². The van der Waals surface area contributed by atoms with Gasteiger partial charge in [-0.1, -0.05) is 19.3 Å². The molecule has 1 N–H and O–H groups in total. The highest BCUT2D eigenvalue weighted by molar-refractivity contribution is 5.96. The normalized spacial score (nSPS) is 18.1. The second-order valence-corrected chi connectivity index (χ2v) is 8.40. The van der Waals surface area contributed by atoms with Gasteiger partial charge in [-0.3, -0.25) is 4.79 Å². The number of carbonyl (C=O) groups excluding carboxylic acids is 1. The van der Waals surface area contributed by atoms with Crippen molar-refractivity contribution in [1.82, 2.24) is 4.90 Å². The minimum atomic E-state index is -0.942. The summed E-state index contributed by atoms with van der Waals surface area (Å²) in [6, 6.07) is 5.41. The number of piperidine rings is 1. The Bertz CT molecular complexity index is 917. The van der Waals surface area contributed by atoms with Gasteiger partial charge in [-0.25, -0.2) is 4.79 Å². The van der Waals surface area contributed by atoms with E-state index in [-0.39, 0.29) is 11.5 Å². The van der Waals surface area contributed by atoms with Crippen molar-refractivity contribution in [2.75, 3.05) is 13.1 Å². The van der Waals surface area contributed by atoms with Crippen molar-refractivity contribution in [3.05, 3.63) is 53.5 Å². The smallest absolute Gasteiger partial charge is 0.335 e. The number of nitrogens with zero attached hydrogens (tertiary/aromatic N) is 1. The first-order valence-corrected chi connectivity index (χ1v) is 11.0. The molecule has 4 rings (SSSR count). The molecule has 1 saturated heterocycles. The van der Waals surface area contributed by atoms with Gasteiger partial charge in [0.15, 0.2) is 0 Å². The number of benzene rings is 1. The standard InChI is InChI=1S/C25H29NO4/c27-23(26-12-5-2-6-13-26)10-9-19-15-21(25(28)29)16-22(18-7-3-1-4-8-18)24(19)20-11-14-30-17-20/h9-11,14-18H,1-8,12-13H2,(H,28,29)/b10-9+. The van der Waals surface area contributed by atoms with Crippen LogP contribution < -0.4 is 0 Å². The molecular formula is C25H29NO4. The molecule has 158 valence electrons. The van der Waals surface area contributed by atoms with Crippen molar-refractivity contribution in [1.29, 1.82) is 0 Å². The zero-order valence-corrected chi connectivity index (χ0v) is 17.3. The Morgan fingerprint density at radius 1 is 1.03 bits per heavy atom. The van der Waals surface area contributed by atoms with E-state index >= 15 is 0 Å². The maximum absolute atomic E-state index is 12.7. The van der Waals surface area contributed by atoms with Crippen LogP contribution in [0.15, 0.2) is 41.2 Å². The molecule has 5 heteroatoms. The molecule has 2 fully saturated rings. The number of carbonyl (C=O) groups is 2. The Balaban J connectivity index is 1.77. The summed E-state index contributed by atoms with van der Waals surface area (Å²) in [6.07, 6.45) is 15.6. The highest BCUT2D eigenvalue weighted by Crippen LogP contribution is 2.41. The lowest BCUT2D eigenvalue weighted by Gasteiger charge is -2.26. The van der Waals surface area contributed by atoms with Crippen molar-refractivity contribution in [2.24, 2.45) is 0 Å². The van der Waals surface area contributed by atoms with Gasteiger partial charge in [0.25, 0.3) is 0 Å². The number of likely N-dealkylation sites (tertiary alicyclic amines) is 1. The third kappa shape index (κ3) is 4.50. The molecule has 1 aliphatic heterocycles. The number of aromatic carboxylic acids is 1. The van der Waals surface area contributed by atoms with Gasteiger partial charge in [0, 0.05) is 24.7 Å². The first kappa shape index (κ1) is 20.5. The predicted octanol–water partition coefficient (Wildman–Crippen LogP) is 5.72. The van der Waals surface area contributed by atoms with Crippen LogP contribution >= 0.6 is 0 Å². The number of carboxylic acids is 1. The molecule has 0 atom stereocenters. The molecule has 1 aromatic heterocycles. The van der Waals surface area contributed by atoms with E-state index in [4.69, 9.17) is 4.42 Å². The third-order valence-corrected chi connectivity index (χ3v) is 6.37. The summed E-state index contributed by atoms with van der Waals surface area (Å²) in [5, 5.41) is 9.72. The lowest BCUT2D eigenvalue weighted by atomic mass is 9.79. The first-order chi connectivity index (χ1) is 14.6. The molecule has 1 saturated carbocycles. The predicted molar refractivity (Wildman–Crippen MR) is 116 cm³/mol. The van der Waals surface area contributed by atoms with Crippen LogP contribution in [0.1, 0.15) is 78.8 Å². The summed E-state index contributed by atoms with van der Waals surface area (Å²) in [5.74, 6) is -0.622. The van der Waals surface area contributed by atoms with Crippen LogP contribution in [0.3, 0.4) is 0 Å². The highest BCUT2D eigenvalue weighted by atomic mass is 16.4. The number of furan rings is 1. The van der Waals surface area contributed by atoms with E-state index in [9.17, 15) is 14.7 Å². The molecule has 2 aromatic rings. The maximum atomic E-state index is 12.7. The molecule has 0 unspecified atom stereocenters. The summed E-state index contributed by atoms with van der Waals surface area (Å²) in [6.45, 7) is 1.58. The summed E-state index contributed by atoms with van der Waals surface area (Å²) in [4.78, 5) is 26.4. The van der Waals surface area contributed by atoms with Gasteiger partial charge in [-0.05, 0) is 79.0 Å². The van der Waals surface area contributed by atoms with Crippen molar-refractivity contribution < 1.29 is 19.1 Å². The van der Waals surface area contributed by atoms with Crippen LogP contribution in [0.5, 0.6) is 0 Å². The molecule has 1 aliphatic carbocycles. The van der Waals surface area contributed by atoms with Crippen LogP contribution in [-0.4, -0.2) is 35.0 Å². The minimum Gasteiger partial charge on any atom is -0.478 e. The van der Waals surface area contributed by atoms with Gasteiger partial charge >= 0.3 is 5.97 Å². The number of amides is 1. The lowest BCUT2D eigenvalue weighted by Crippen LogP contribution is -2.34. The van der Waals surface area contributed by atoms with E-state index in [1.54, 1.807) is 30.7 Å². The summed E-state index contributed by atoms with van der Waals surface area (Å²) in [7, 11) is 0. The molecule has 2 aliphatic rings. The number of rotatable bonds is 5. The Morgan fingerprint density at radius 2 is 1.77 bits per heavy atom. The van der Waals surface area contributed by atoms with Crippen LogP contribution in [-0.2, 0) is 4.79 Å². The van der Waals surface area contributed by atoms with Crippen molar-refractivity contribution >= 4 is 18.0 Å². The summed E-state index contributed by atoms with van der Waals surface area (Å²) < 4.78 is 5.35. The molecule has 1 aromatic carbocycles. The maximum Gasteiger partial charge on any atom is 0.335 e. The molecule has 2 heterocycles. The van der Waals surface area contributed by atoms with E-state index < -0.39 is 5.97 Å². The molecule has 0 spiro atoms. The van der Waals surface area contributed by atoms with Crippen molar-refractivity contribution in [3.8, 4) is 11.1 Å². The van der Waals surface area contributed by atoms with Crippen LogP contribution in [0.25, 0.3) is 17.2 Å². The molecule has 0 bridgehead atoms. The Morgan fingerprint density at radius 3 is 2.43 bits per heavy atom. The van der Waals surface area contributed by atoms with Crippen molar-refractivity contribution in [3.63, 3.8) is 0 Å². The van der Waals surface area contributed by atoms with E-state index in [1.807, 2.05) is 17.0 Å². The van der Waals surface area contributed by atoms with Crippen LogP contribution in [0, 0.1) is 0 Å². The van der Waals surface area contributed by atoms with E-state index in [0.29, 0.717) is 5.92 Å². The first-order valence-electron chi connectivity index (χ1n) is 11.0. The molecule has 0 radical (unpaired) electrons. The van der Waals surface area contributed by atoms with E-state index in [0.717, 1.165) is 73.9 Å². The summed E-state index contributed by atoms with van der Waals surface area (Å²) >= 11 is 0. The topological polar surface area (TPSA) is 70.8 Å². The highest BCUT2D eigenvalue weighted by Gasteiger charge is 2.24. The minimum absolute atomic E-state index is 0.00668. The second kappa shape index (κ2) is 9.33. The zero-order chi connectivity index (χ0) is 20.9. The second-order valence-electron chi connectivity index (χ2n) is 8.40. The average Bonchev–Trinajstić information content (AvgIpc) is 3.32. The lowest BCUT2D eigenvalue weighted by molar-refractivity contribution is -0.126. The number of hydrogen-bond acceptors (Lipinski definition) is 3. The van der Waals surface area contributed by atoms with Gasteiger partial charge in [0.1, 0.15) is 0 Å². The third-order valence-electron chi connectivity index (χ3n) is 6.37. The molecule has 30 heavy (non-hydrogen) atoms. The van der Waals surface area contributed by atoms with Gasteiger partial charge in [-0.15, -0.1) is 0 Å². The van der Waals surface area contributed by atoms with E-state index in [1.165, 1.54) is 12.8 Å². The average molecular weight is 408 g/mol. The Labute approximate surface area is 177 Å². The molecular weight excluding hydrogens is 378 g/mol. The fourth-order valence-corrected chi connectivity index (χ4v) is 4.80. The monoisotopic (exact) mass is 407 g/mol. The molecule has 5 nitrogen and oxygen atoms in total. The fraction of sp³-hybridized carbons (Fsp3) is 0.440. The van der Waals surface area contributed by atoms with Crippen molar-refractivity contribution in [2.45, 2.75) is 57.3 Å². The van der Waals surface area contributed by atoms with Crippen LogP contribution in [0.4, 0.5) is 0 Å². The summed E-state index contributed by atoms with van der Waals surface area (Å²) in [5.41, 5.74) is 4.01. The van der Waals surface area contributed by atoms with E-state index in [2.05, 4.69) is 0 Å². The van der Waals surface area contributed by atoms with Gasteiger partial charge in [0.2, 0.25) is 5.91 Å². The Kier molecular flexibility index (Phi) is 6.36.